The number of nitrogens with zero attached hydrogens (tertiary/aromatic N) is 4. The van der Waals surface area contributed by atoms with Crippen LogP contribution in [0.2, 0.25) is 0 Å². The third kappa shape index (κ3) is 17.0. The van der Waals surface area contributed by atoms with Crippen LogP contribution in [0.5, 0.6) is 0 Å². The standard InChI is InChI=1S/C130H130N4/c1-123(2,3)93-65-89(66-94(77-93)124(4,5)6)85-63-86(90-67-95(125(7,8)9)78-96(68-90)126(10,11)12)74-105(73-85)131(117-57-41-53-111-107-51-37-39-55-115(107)133(121(111)117)101-47-33-27-34-48-101)103-59-61-109-113(81-103)119(83-43-29-25-30-44-83)110-62-60-104(82-114(110)120(109)84-45-31-26-32-46-84)132(118-58-42-54-112-108-52-38-40-56-116(108)134(122(112)118)102-49-35-28-36-50-102)106-75-87(91-69-97(127(13,14)15)79-98(70-91)128(16,17)18)64-88(76-106)92-71-99(129(19,20)21)80-100(72-92)130(22,23)24/h25-82H,1-24H3. The summed E-state index contributed by atoms with van der Waals surface area (Å²) in [6.45, 7) is 56.6. The molecule has 2 heterocycles. The molecule has 19 aromatic rings. The zero-order valence-electron chi connectivity index (χ0n) is 83.3. The molecule has 0 saturated heterocycles. The smallest absolute Gasteiger partial charge is 0.0782 e. The van der Waals surface area contributed by atoms with Gasteiger partial charge in [-0.15, -0.1) is 0 Å². The number of rotatable bonds is 14. The summed E-state index contributed by atoms with van der Waals surface area (Å²) in [5, 5.41) is 9.28. The lowest BCUT2D eigenvalue weighted by atomic mass is 9.78. The molecule has 4 nitrogen and oxygen atoms in total. The molecule has 2 aromatic heterocycles. The Morgan fingerprint density at radius 2 is 0.403 bits per heavy atom. The zero-order valence-corrected chi connectivity index (χ0v) is 83.3. The maximum Gasteiger partial charge on any atom is 0.0782 e. The number of hydrogen-bond donors (Lipinski definition) is 0. The lowest BCUT2D eigenvalue weighted by molar-refractivity contribution is 0.568. The van der Waals surface area contributed by atoms with Gasteiger partial charge in [0.2, 0.25) is 0 Å². The van der Waals surface area contributed by atoms with Crippen LogP contribution in [0, 0.1) is 0 Å². The second-order valence-electron chi connectivity index (χ2n) is 46.1. The van der Waals surface area contributed by atoms with Crippen molar-refractivity contribution in [3.8, 4) is 78.1 Å². The van der Waals surface area contributed by atoms with Gasteiger partial charge in [0.1, 0.15) is 0 Å². The van der Waals surface area contributed by atoms with Crippen LogP contribution < -0.4 is 9.80 Å². The van der Waals surface area contributed by atoms with Crippen molar-refractivity contribution in [2.24, 2.45) is 0 Å². The monoisotopic (exact) mass is 1750 g/mol. The predicted octanol–water partition coefficient (Wildman–Crippen LogP) is 37.5. The van der Waals surface area contributed by atoms with Gasteiger partial charge in [0, 0.05) is 55.7 Å². The molecule has 0 radical (unpaired) electrons. The summed E-state index contributed by atoms with van der Waals surface area (Å²) in [5.41, 5.74) is 36.2. The van der Waals surface area contributed by atoms with Crippen molar-refractivity contribution in [2.75, 3.05) is 9.80 Å². The summed E-state index contributed by atoms with van der Waals surface area (Å²) in [4.78, 5) is 5.24. The van der Waals surface area contributed by atoms with Crippen molar-refractivity contribution in [3.05, 3.63) is 396 Å². The molecule has 0 aliphatic rings. The third-order valence-corrected chi connectivity index (χ3v) is 27.9. The summed E-state index contributed by atoms with van der Waals surface area (Å²) >= 11 is 0. The number of fused-ring (bicyclic) bond motifs is 8. The second kappa shape index (κ2) is 33.3. The van der Waals surface area contributed by atoms with Gasteiger partial charge in [0.05, 0.1) is 33.4 Å². The first-order valence-corrected chi connectivity index (χ1v) is 48.3. The quantitative estimate of drug-likeness (QED) is 0.101. The molecule has 0 aliphatic carbocycles. The van der Waals surface area contributed by atoms with E-state index in [4.69, 9.17) is 0 Å². The predicted molar refractivity (Wildman–Crippen MR) is 582 cm³/mol. The van der Waals surface area contributed by atoms with Gasteiger partial charge in [0.25, 0.3) is 0 Å². The molecule has 0 atom stereocenters. The average Bonchev–Trinajstić information content (AvgIpc) is 1.65. The first-order valence-electron chi connectivity index (χ1n) is 48.3. The Labute approximate surface area is 796 Å². The molecule has 0 N–H and O–H groups in total. The number of hydrogen-bond acceptors (Lipinski definition) is 2. The highest BCUT2D eigenvalue weighted by Gasteiger charge is 2.33. The van der Waals surface area contributed by atoms with Crippen LogP contribution in [-0.2, 0) is 43.3 Å². The minimum Gasteiger partial charge on any atom is -0.308 e. The maximum atomic E-state index is 2.62. The first kappa shape index (κ1) is 89.7. The van der Waals surface area contributed by atoms with Crippen LogP contribution >= 0.6 is 0 Å². The van der Waals surface area contributed by atoms with E-state index in [1.54, 1.807) is 0 Å². The Bertz CT molecular complexity index is 6990. The van der Waals surface area contributed by atoms with E-state index < -0.39 is 0 Å². The van der Waals surface area contributed by atoms with Crippen LogP contribution in [0.25, 0.3) is 143 Å². The molecule has 0 unspecified atom stereocenters. The summed E-state index contributed by atoms with van der Waals surface area (Å²) < 4.78 is 5.03. The maximum absolute atomic E-state index is 2.62. The first-order chi connectivity index (χ1) is 63.5. The van der Waals surface area contributed by atoms with Crippen LogP contribution in [0.1, 0.15) is 211 Å². The Balaban J connectivity index is 0.954. The molecular weight excluding hydrogens is 1620 g/mol. The topological polar surface area (TPSA) is 16.3 Å². The van der Waals surface area contributed by atoms with E-state index in [1.165, 1.54) is 88.3 Å². The van der Waals surface area contributed by atoms with Crippen molar-refractivity contribution in [3.63, 3.8) is 0 Å². The summed E-state index contributed by atoms with van der Waals surface area (Å²) in [6, 6.07) is 136. The fraction of sp³-hybridized carbons (Fsp3) is 0.246. The van der Waals surface area contributed by atoms with Gasteiger partial charge in [-0.2, -0.15) is 0 Å². The van der Waals surface area contributed by atoms with Crippen molar-refractivity contribution >= 4 is 99.3 Å². The Hall–Kier alpha value is -13.5. The second-order valence-corrected chi connectivity index (χ2v) is 46.1. The molecule has 0 saturated carbocycles. The van der Waals surface area contributed by atoms with Gasteiger partial charge in [-0.05, 0) is 285 Å². The normalized spacial score (nSPS) is 12.8. The molecule has 670 valence electrons. The van der Waals surface area contributed by atoms with E-state index in [9.17, 15) is 0 Å². The largest absolute Gasteiger partial charge is 0.308 e. The fourth-order valence-electron chi connectivity index (χ4n) is 20.0. The summed E-state index contributed by atoms with van der Waals surface area (Å²) in [7, 11) is 0. The number of anilines is 6. The number of aromatic nitrogens is 2. The van der Waals surface area contributed by atoms with Crippen molar-refractivity contribution in [1.82, 2.24) is 9.13 Å². The highest BCUT2D eigenvalue weighted by Crippen LogP contribution is 2.55. The van der Waals surface area contributed by atoms with Gasteiger partial charge >= 0.3 is 0 Å². The van der Waals surface area contributed by atoms with Gasteiger partial charge in [-0.1, -0.05) is 409 Å². The SMILES string of the molecule is CC(C)(C)c1cc(-c2cc(-c3cc(C(C)(C)C)cc(C(C)(C)C)c3)cc(N(c3ccc4c(-c5ccccc5)c5cc(N(c6cc(-c7cc(C(C)(C)C)cc(C(C)(C)C)c7)cc(-c7cc(C(C)(C)C)cc(C(C)(C)C)c7)c6)c6cccc7c8ccccc8n(-c8ccccc8)c67)ccc5c(-c5ccccc5)c4c3)c3cccc4c5ccccc5n(-c5ccccc5)c34)c2)cc(C(C)(C)C)c1. The van der Waals surface area contributed by atoms with Crippen LogP contribution in [0.3, 0.4) is 0 Å². The van der Waals surface area contributed by atoms with Crippen molar-refractivity contribution in [2.45, 2.75) is 209 Å². The van der Waals surface area contributed by atoms with E-state index in [-0.39, 0.29) is 43.3 Å². The Kier molecular flexibility index (Phi) is 22.3. The minimum absolute atomic E-state index is 0.139. The van der Waals surface area contributed by atoms with Gasteiger partial charge in [-0.3, -0.25) is 0 Å². The lowest BCUT2D eigenvalue weighted by Crippen LogP contribution is -2.17. The molecule has 0 amide bonds. The molecule has 0 aliphatic heterocycles. The molecule has 0 spiro atoms. The minimum atomic E-state index is -0.139. The van der Waals surface area contributed by atoms with Crippen LogP contribution in [0.4, 0.5) is 34.1 Å². The van der Waals surface area contributed by atoms with Gasteiger partial charge in [-0.25, -0.2) is 0 Å². The highest BCUT2D eigenvalue weighted by atomic mass is 15.2. The van der Waals surface area contributed by atoms with E-state index in [1.807, 2.05) is 0 Å². The number of para-hydroxylation sites is 6. The van der Waals surface area contributed by atoms with E-state index >= 15 is 0 Å². The van der Waals surface area contributed by atoms with E-state index in [2.05, 4.69) is 537 Å². The highest BCUT2D eigenvalue weighted by molar-refractivity contribution is 6.24. The fourth-order valence-corrected chi connectivity index (χ4v) is 20.0. The summed E-state index contributed by atoms with van der Waals surface area (Å²) in [6.07, 6.45) is 0. The van der Waals surface area contributed by atoms with Gasteiger partial charge < -0.3 is 18.9 Å². The molecule has 0 fully saturated rings. The van der Waals surface area contributed by atoms with Crippen molar-refractivity contribution in [1.29, 1.82) is 0 Å². The molecule has 4 heteroatoms. The van der Waals surface area contributed by atoms with Crippen LogP contribution in [0.15, 0.2) is 352 Å². The van der Waals surface area contributed by atoms with Crippen molar-refractivity contribution < 1.29 is 0 Å². The Morgan fingerprint density at radius 1 is 0.164 bits per heavy atom. The number of benzene rings is 17. The molecule has 0 bridgehead atoms. The van der Waals surface area contributed by atoms with E-state index in [0.29, 0.717) is 0 Å². The summed E-state index contributed by atoms with van der Waals surface area (Å²) in [5.74, 6) is 0. The molecule has 17 aromatic carbocycles. The molecule has 134 heavy (non-hydrogen) atoms. The third-order valence-electron chi connectivity index (χ3n) is 27.9. The molecular formula is C130H130N4. The van der Waals surface area contributed by atoms with Gasteiger partial charge in [0.15, 0.2) is 0 Å². The lowest BCUT2D eigenvalue weighted by Gasteiger charge is -2.31. The molecule has 19 rings (SSSR count). The Morgan fingerprint density at radius 3 is 0.672 bits per heavy atom. The van der Waals surface area contributed by atoms with E-state index in [0.717, 1.165) is 134 Å². The average molecular weight is 1750 g/mol. The van der Waals surface area contributed by atoms with Crippen LogP contribution in [-0.4, -0.2) is 9.13 Å². The zero-order chi connectivity index (χ0) is 94.4.